The smallest absolute Gasteiger partial charge is 0.320 e. The lowest BCUT2D eigenvalue weighted by molar-refractivity contribution is -0.158. The Morgan fingerprint density at radius 3 is 2.33 bits per heavy atom. The Morgan fingerprint density at radius 1 is 1.28 bits per heavy atom. The van der Waals surface area contributed by atoms with Crippen LogP contribution in [0.2, 0.25) is 0 Å². The minimum Gasteiger partial charge on any atom is -0.497 e. The molecular weight excluding hydrogens is 236 g/mol. The van der Waals surface area contributed by atoms with E-state index in [4.69, 9.17) is 14.6 Å². The van der Waals surface area contributed by atoms with Gasteiger partial charge >= 0.3 is 11.9 Å². The van der Waals surface area contributed by atoms with E-state index in [1.54, 1.807) is 38.3 Å². The second-order valence-electron chi connectivity index (χ2n) is 3.70. The normalized spacial score (nSPS) is 11.7. The van der Waals surface area contributed by atoms with Gasteiger partial charge in [-0.15, -0.1) is 0 Å². The molecule has 5 heteroatoms. The number of rotatable bonds is 6. The molecule has 0 unspecified atom stereocenters. The van der Waals surface area contributed by atoms with Crippen LogP contribution in [0.4, 0.5) is 0 Å². The van der Waals surface area contributed by atoms with Gasteiger partial charge in [0.15, 0.2) is 5.92 Å². The molecule has 0 heterocycles. The van der Waals surface area contributed by atoms with E-state index in [0.717, 1.165) is 5.56 Å². The Labute approximate surface area is 105 Å². The van der Waals surface area contributed by atoms with Crippen LogP contribution in [-0.2, 0) is 20.7 Å². The van der Waals surface area contributed by atoms with Crippen molar-refractivity contribution in [1.82, 2.24) is 0 Å². The van der Waals surface area contributed by atoms with Crippen molar-refractivity contribution in [1.29, 1.82) is 0 Å². The van der Waals surface area contributed by atoms with Crippen LogP contribution in [0.15, 0.2) is 24.3 Å². The van der Waals surface area contributed by atoms with Gasteiger partial charge in [-0.3, -0.25) is 9.59 Å². The summed E-state index contributed by atoms with van der Waals surface area (Å²) in [7, 11) is 1.55. The van der Waals surface area contributed by atoms with Crippen molar-refractivity contribution in [3.63, 3.8) is 0 Å². The number of esters is 1. The minimum absolute atomic E-state index is 0.109. The molecule has 0 radical (unpaired) electrons. The van der Waals surface area contributed by atoms with E-state index in [1.165, 1.54) is 0 Å². The molecule has 1 atom stereocenters. The van der Waals surface area contributed by atoms with E-state index < -0.39 is 17.9 Å². The van der Waals surface area contributed by atoms with E-state index >= 15 is 0 Å². The summed E-state index contributed by atoms with van der Waals surface area (Å²) in [5.74, 6) is -2.37. The predicted molar refractivity (Wildman–Crippen MR) is 64.5 cm³/mol. The number of aliphatic carboxylic acids is 1. The fourth-order valence-corrected chi connectivity index (χ4v) is 1.51. The van der Waals surface area contributed by atoms with Gasteiger partial charge in [0.2, 0.25) is 0 Å². The number of hydrogen-bond donors (Lipinski definition) is 1. The van der Waals surface area contributed by atoms with Crippen LogP contribution in [0.1, 0.15) is 12.5 Å². The van der Waals surface area contributed by atoms with Crippen molar-refractivity contribution < 1.29 is 24.2 Å². The van der Waals surface area contributed by atoms with Crippen LogP contribution in [0.3, 0.4) is 0 Å². The minimum atomic E-state index is -1.18. The first-order valence-corrected chi connectivity index (χ1v) is 5.60. The van der Waals surface area contributed by atoms with E-state index in [0.29, 0.717) is 5.75 Å². The van der Waals surface area contributed by atoms with E-state index in [2.05, 4.69) is 0 Å². The highest BCUT2D eigenvalue weighted by Crippen LogP contribution is 2.15. The van der Waals surface area contributed by atoms with Crippen molar-refractivity contribution in [2.45, 2.75) is 13.3 Å². The fourth-order valence-electron chi connectivity index (χ4n) is 1.51. The van der Waals surface area contributed by atoms with Crippen LogP contribution in [-0.4, -0.2) is 30.8 Å². The largest absolute Gasteiger partial charge is 0.497 e. The molecule has 1 N–H and O–H groups in total. The molecule has 1 rings (SSSR count). The Bertz CT molecular complexity index is 410. The molecule has 98 valence electrons. The Balaban J connectivity index is 2.76. The lowest BCUT2D eigenvalue weighted by Gasteiger charge is -2.11. The third-order valence-electron chi connectivity index (χ3n) is 2.47. The maximum atomic E-state index is 11.5. The lowest BCUT2D eigenvalue weighted by atomic mass is 9.99. The molecule has 18 heavy (non-hydrogen) atoms. The highest BCUT2D eigenvalue weighted by atomic mass is 16.5. The second kappa shape index (κ2) is 6.64. The molecule has 0 bridgehead atoms. The van der Waals surface area contributed by atoms with Crippen molar-refractivity contribution in [3.8, 4) is 5.75 Å². The third-order valence-corrected chi connectivity index (χ3v) is 2.47. The first kappa shape index (κ1) is 14.0. The summed E-state index contributed by atoms with van der Waals surface area (Å²) in [5.41, 5.74) is 0.747. The molecule has 5 nitrogen and oxygen atoms in total. The number of ether oxygens (including phenoxy) is 2. The van der Waals surface area contributed by atoms with Crippen molar-refractivity contribution >= 4 is 11.9 Å². The average molecular weight is 252 g/mol. The number of carboxylic acid groups (broad SMARTS) is 1. The van der Waals surface area contributed by atoms with Gasteiger partial charge in [0, 0.05) is 0 Å². The van der Waals surface area contributed by atoms with Crippen LogP contribution in [0.5, 0.6) is 5.75 Å². The monoisotopic (exact) mass is 252 g/mol. The molecule has 0 amide bonds. The van der Waals surface area contributed by atoms with Crippen LogP contribution >= 0.6 is 0 Å². The van der Waals surface area contributed by atoms with Gasteiger partial charge in [-0.25, -0.2) is 0 Å². The average Bonchev–Trinajstić information content (AvgIpc) is 2.36. The van der Waals surface area contributed by atoms with E-state index in [1.807, 2.05) is 0 Å². The van der Waals surface area contributed by atoms with Gasteiger partial charge in [-0.2, -0.15) is 0 Å². The molecule has 0 aliphatic carbocycles. The molecule has 0 aliphatic heterocycles. The fraction of sp³-hybridized carbons (Fsp3) is 0.385. The summed E-state index contributed by atoms with van der Waals surface area (Å²) in [6, 6.07) is 6.90. The Kier molecular flexibility index (Phi) is 5.17. The summed E-state index contributed by atoms with van der Waals surface area (Å²) >= 11 is 0. The summed E-state index contributed by atoms with van der Waals surface area (Å²) < 4.78 is 9.74. The van der Waals surface area contributed by atoms with Crippen molar-refractivity contribution in [2.24, 2.45) is 5.92 Å². The van der Waals surface area contributed by atoms with Crippen molar-refractivity contribution in [2.75, 3.05) is 13.7 Å². The topological polar surface area (TPSA) is 72.8 Å². The van der Waals surface area contributed by atoms with Gasteiger partial charge in [-0.1, -0.05) is 12.1 Å². The first-order valence-electron chi connectivity index (χ1n) is 5.60. The highest BCUT2D eigenvalue weighted by molar-refractivity contribution is 5.94. The maximum Gasteiger partial charge on any atom is 0.320 e. The first-order chi connectivity index (χ1) is 8.58. The number of hydrogen-bond acceptors (Lipinski definition) is 4. The lowest BCUT2D eigenvalue weighted by Crippen LogP contribution is -2.27. The zero-order valence-corrected chi connectivity index (χ0v) is 10.4. The summed E-state index contributed by atoms with van der Waals surface area (Å²) in [6.07, 6.45) is 0.109. The number of benzene rings is 1. The summed E-state index contributed by atoms with van der Waals surface area (Å²) in [6.45, 7) is 1.81. The van der Waals surface area contributed by atoms with Crippen LogP contribution in [0.25, 0.3) is 0 Å². The molecule has 0 aromatic heterocycles. The van der Waals surface area contributed by atoms with E-state index in [-0.39, 0.29) is 13.0 Å². The van der Waals surface area contributed by atoms with Gasteiger partial charge in [0.1, 0.15) is 5.75 Å². The second-order valence-corrected chi connectivity index (χ2v) is 3.70. The van der Waals surface area contributed by atoms with Gasteiger partial charge < -0.3 is 14.6 Å². The standard InChI is InChI=1S/C13H16O5/c1-3-18-13(16)11(12(14)15)8-9-4-6-10(17-2)7-5-9/h4-7,11H,3,8H2,1-2H3,(H,14,15)/t11-/m0/s1. The highest BCUT2D eigenvalue weighted by Gasteiger charge is 2.27. The summed E-state index contributed by atoms with van der Waals surface area (Å²) in [5, 5.41) is 9.01. The quantitative estimate of drug-likeness (QED) is 0.613. The number of carbonyl (C=O) groups is 2. The molecular formula is C13H16O5. The SMILES string of the molecule is CCOC(=O)[C@@H](Cc1ccc(OC)cc1)C(=O)O. The molecule has 1 aromatic rings. The van der Waals surface area contributed by atoms with Crippen LogP contribution < -0.4 is 4.74 Å². The van der Waals surface area contributed by atoms with Crippen LogP contribution in [0, 0.1) is 5.92 Å². The third kappa shape index (κ3) is 3.76. The van der Waals surface area contributed by atoms with Gasteiger partial charge in [-0.05, 0) is 31.0 Å². The number of carboxylic acids is 1. The predicted octanol–water partition coefficient (Wildman–Crippen LogP) is 1.50. The molecule has 0 fully saturated rings. The molecule has 0 saturated carbocycles. The van der Waals surface area contributed by atoms with Gasteiger partial charge in [0.05, 0.1) is 13.7 Å². The van der Waals surface area contributed by atoms with E-state index in [9.17, 15) is 9.59 Å². The Morgan fingerprint density at radius 2 is 1.89 bits per heavy atom. The number of carbonyl (C=O) groups excluding carboxylic acids is 1. The summed E-state index contributed by atoms with van der Waals surface area (Å²) in [4.78, 5) is 22.5. The molecule has 0 saturated heterocycles. The van der Waals surface area contributed by atoms with Gasteiger partial charge in [0.25, 0.3) is 0 Å². The Hall–Kier alpha value is -2.04. The molecule has 1 aromatic carbocycles. The zero-order valence-electron chi connectivity index (χ0n) is 10.4. The maximum absolute atomic E-state index is 11.5. The number of methoxy groups -OCH3 is 1. The zero-order chi connectivity index (χ0) is 13.5. The molecule has 0 aliphatic rings. The molecule has 0 spiro atoms. The van der Waals surface area contributed by atoms with Crippen molar-refractivity contribution in [3.05, 3.63) is 29.8 Å².